The number of nitriles is 1. The van der Waals surface area contributed by atoms with Crippen molar-refractivity contribution in [3.8, 4) is 6.07 Å². The van der Waals surface area contributed by atoms with Crippen molar-refractivity contribution in [2.75, 3.05) is 5.32 Å². The molecular weight excluding hydrogens is 368 g/mol. The number of fused-ring (bicyclic) bond motifs is 2. The molecule has 2 bridgehead atoms. The Bertz CT molecular complexity index is 801. The molecule has 27 heavy (non-hydrogen) atoms. The zero-order valence-electron chi connectivity index (χ0n) is 15.0. The molecule has 1 unspecified atom stereocenters. The molecule has 0 saturated heterocycles. The second-order valence-corrected chi connectivity index (χ2v) is 7.68. The molecule has 142 valence electrons. The average Bonchev–Trinajstić information content (AvgIpc) is 2.61. The molecular formula is C20H21ClN2O4. The lowest BCUT2D eigenvalue weighted by Gasteiger charge is -2.36. The quantitative estimate of drug-likeness (QED) is 0.796. The van der Waals surface area contributed by atoms with Crippen LogP contribution in [0.1, 0.15) is 44.6 Å². The average molecular weight is 389 g/mol. The standard InChI is InChI=1S/C20H21ClN2O4/c1-11(19(25)23-16-6-5-14(10-22)17(21)9-16)27-20(26)15-7-12-3-2-4-13(8-15)18(12)24/h5-6,9,11-13,15H,2-4,7-8H2,1H3,(H,23,25)/t11-,12-,13+,15?/m1/s1. The molecule has 0 spiro atoms. The van der Waals surface area contributed by atoms with Crippen LogP contribution in [0.2, 0.25) is 5.02 Å². The number of amides is 1. The lowest BCUT2D eigenvalue weighted by atomic mass is 9.67. The van der Waals surface area contributed by atoms with Crippen molar-refractivity contribution in [2.24, 2.45) is 17.8 Å². The van der Waals surface area contributed by atoms with Gasteiger partial charge in [0.2, 0.25) is 0 Å². The van der Waals surface area contributed by atoms with Crippen LogP contribution in [-0.2, 0) is 19.1 Å². The minimum Gasteiger partial charge on any atom is -0.452 e. The van der Waals surface area contributed by atoms with Crippen LogP contribution in [0, 0.1) is 29.1 Å². The number of ether oxygens (including phenoxy) is 1. The molecule has 2 saturated carbocycles. The van der Waals surface area contributed by atoms with Crippen LogP contribution in [0.3, 0.4) is 0 Å². The molecule has 6 nitrogen and oxygen atoms in total. The molecule has 1 N–H and O–H groups in total. The van der Waals surface area contributed by atoms with Crippen molar-refractivity contribution in [3.05, 3.63) is 28.8 Å². The van der Waals surface area contributed by atoms with Crippen molar-refractivity contribution in [1.82, 2.24) is 0 Å². The van der Waals surface area contributed by atoms with Crippen LogP contribution >= 0.6 is 11.6 Å². The normalized spacial score (nSPS) is 25.2. The van der Waals surface area contributed by atoms with Gasteiger partial charge in [-0.3, -0.25) is 14.4 Å². The summed E-state index contributed by atoms with van der Waals surface area (Å²) in [5, 5.41) is 11.7. The number of esters is 1. The van der Waals surface area contributed by atoms with E-state index in [-0.39, 0.29) is 28.6 Å². The summed E-state index contributed by atoms with van der Waals surface area (Å²) in [4.78, 5) is 36.9. The van der Waals surface area contributed by atoms with Gasteiger partial charge in [-0.15, -0.1) is 0 Å². The van der Waals surface area contributed by atoms with Gasteiger partial charge in [-0.05, 0) is 50.8 Å². The molecule has 0 aromatic heterocycles. The highest BCUT2D eigenvalue weighted by molar-refractivity contribution is 6.32. The number of anilines is 1. The van der Waals surface area contributed by atoms with Gasteiger partial charge in [0, 0.05) is 17.5 Å². The van der Waals surface area contributed by atoms with Gasteiger partial charge >= 0.3 is 5.97 Å². The van der Waals surface area contributed by atoms with Gasteiger partial charge in [-0.1, -0.05) is 18.0 Å². The first-order valence-corrected chi connectivity index (χ1v) is 9.51. The molecule has 2 aliphatic carbocycles. The van der Waals surface area contributed by atoms with Crippen LogP contribution < -0.4 is 5.32 Å². The molecule has 1 amide bonds. The van der Waals surface area contributed by atoms with Crippen LogP contribution in [0.15, 0.2) is 18.2 Å². The van der Waals surface area contributed by atoms with Gasteiger partial charge in [0.05, 0.1) is 16.5 Å². The minimum atomic E-state index is -0.968. The number of nitrogens with one attached hydrogen (secondary N) is 1. The largest absolute Gasteiger partial charge is 0.452 e. The zero-order valence-corrected chi connectivity index (χ0v) is 15.8. The van der Waals surface area contributed by atoms with Crippen LogP contribution in [0.25, 0.3) is 0 Å². The fourth-order valence-corrected chi connectivity index (χ4v) is 4.15. The third-order valence-electron chi connectivity index (χ3n) is 5.40. The van der Waals surface area contributed by atoms with Gasteiger partial charge in [-0.2, -0.15) is 5.26 Å². The van der Waals surface area contributed by atoms with Crippen LogP contribution in [0.5, 0.6) is 0 Å². The van der Waals surface area contributed by atoms with Crippen molar-refractivity contribution < 1.29 is 19.1 Å². The Hall–Kier alpha value is -2.39. The maximum atomic E-state index is 12.5. The summed E-state index contributed by atoms with van der Waals surface area (Å²) < 4.78 is 5.35. The molecule has 0 aliphatic heterocycles. The SMILES string of the molecule is C[C@@H](OC(=O)C1C[C@H]2CCC[C@@H](C1)C2=O)C(=O)Nc1ccc(C#N)c(Cl)c1. The summed E-state index contributed by atoms with van der Waals surface area (Å²) in [5.41, 5.74) is 0.733. The topological polar surface area (TPSA) is 96.3 Å². The van der Waals surface area contributed by atoms with Crippen LogP contribution in [0.4, 0.5) is 5.69 Å². The maximum Gasteiger partial charge on any atom is 0.309 e. The Morgan fingerprint density at radius 1 is 1.30 bits per heavy atom. The Labute approximate surface area is 162 Å². The first-order chi connectivity index (χ1) is 12.9. The minimum absolute atomic E-state index is 0.0417. The van der Waals surface area contributed by atoms with Crippen molar-refractivity contribution in [2.45, 2.75) is 45.1 Å². The number of benzene rings is 1. The smallest absolute Gasteiger partial charge is 0.309 e. The number of hydrogen-bond donors (Lipinski definition) is 1. The number of rotatable bonds is 4. The Morgan fingerprint density at radius 2 is 1.96 bits per heavy atom. The van der Waals surface area contributed by atoms with E-state index in [0.717, 1.165) is 19.3 Å². The molecule has 1 aromatic carbocycles. The first kappa shape index (κ1) is 19.4. The second-order valence-electron chi connectivity index (χ2n) is 7.27. The summed E-state index contributed by atoms with van der Waals surface area (Å²) in [7, 11) is 0. The highest BCUT2D eigenvalue weighted by Crippen LogP contribution is 2.40. The number of carbonyl (C=O) groups is 3. The van der Waals surface area contributed by atoms with Crippen molar-refractivity contribution in [3.63, 3.8) is 0 Å². The van der Waals surface area contributed by atoms with E-state index in [2.05, 4.69) is 5.32 Å². The maximum absolute atomic E-state index is 12.5. The zero-order chi connectivity index (χ0) is 19.6. The molecule has 0 radical (unpaired) electrons. The summed E-state index contributed by atoms with van der Waals surface area (Å²) in [5.74, 6) is -1.01. The number of carbonyl (C=O) groups excluding carboxylic acids is 3. The fraction of sp³-hybridized carbons (Fsp3) is 0.500. The summed E-state index contributed by atoms with van der Waals surface area (Å²) in [6, 6.07) is 6.48. The van der Waals surface area contributed by atoms with E-state index in [0.29, 0.717) is 24.1 Å². The predicted molar refractivity (Wildman–Crippen MR) is 98.9 cm³/mol. The number of halogens is 1. The molecule has 2 aliphatic rings. The highest BCUT2D eigenvalue weighted by atomic mass is 35.5. The number of ketones is 1. The molecule has 3 rings (SSSR count). The van der Waals surface area contributed by atoms with Gasteiger partial charge in [-0.25, -0.2) is 0 Å². The van der Waals surface area contributed by atoms with E-state index in [1.807, 2.05) is 6.07 Å². The fourth-order valence-electron chi connectivity index (χ4n) is 3.92. The summed E-state index contributed by atoms with van der Waals surface area (Å²) >= 11 is 5.95. The molecule has 4 atom stereocenters. The van der Waals surface area contributed by atoms with Gasteiger partial charge in [0.25, 0.3) is 5.91 Å². The summed E-state index contributed by atoms with van der Waals surface area (Å²) in [6.07, 6.45) is 2.80. The van der Waals surface area contributed by atoms with E-state index in [1.54, 1.807) is 6.07 Å². The molecule has 0 heterocycles. The van der Waals surface area contributed by atoms with E-state index < -0.39 is 18.0 Å². The number of nitrogens with zero attached hydrogens (tertiary/aromatic N) is 1. The van der Waals surface area contributed by atoms with Crippen molar-refractivity contribution in [1.29, 1.82) is 5.26 Å². The first-order valence-electron chi connectivity index (χ1n) is 9.13. The Kier molecular flexibility index (Phi) is 5.81. The molecule has 2 fully saturated rings. The third-order valence-corrected chi connectivity index (χ3v) is 5.71. The molecule has 1 aromatic rings. The van der Waals surface area contributed by atoms with Gasteiger partial charge < -0.3 is 10.1 Å². The van der Waals surface area contributed by atoms with E-state index in [4.69, 9.17) is 21.6 Å². The Morgan fingerprint density at radius 3 is 2.56 bits per heavy atom. The van der Waals surface area contributed by atoms with Gasteiger partial charge in [0.1, 0.15) is 11.9 Å². The Balaban J connectivity index is 1.56. The lowest BCUT2D eigenvalue weighted by molar-refractivity contribution is -0.161. The highest BCUT2D eigenvalue weighted by Gasteiger charge is 2.42. The summed E-state index contributed by atoms with van der Waals surface area (Å²) in [6.45, 7) is 1.51. The number of Topliss-reactive ketones (excluding diaryl/α,β-unsaturated/α-hetero) is 1. The van der Waals surface area contributed by atoms with E-state index in [9.17, 15) is 14.4 Å². The third kappa shape index (κ3) is 4.30. The van der Waals surface area contributed by atoms with E-state index >= 15 is 0 Å². The van der Waals surface area contributed by atoms with Crippen LogP contribution in [-0.4, -0.2) is 23.8 Å². The van der Waals surface area contributed by atoms with E-state index in [1.165, 1.54) is 19.1 Å². The number of hydrogen-bond acceptors (Lipinski definition) is 5. The second kappa shape index (κ2) is 8.10. The van der Waals surface area contributed by atoms with Gasteiger partial charge in [0.15, 0.2) is 6.10 Å². The molecule has 7 heteroatoms. The van der Waals surface area contributed by atoms with Crippen molar-refractivity contribution >= 4 is 34.9 Å². The lowest BCUT2D eigenvalue weighted by Crippen LogP contribution is -2.41. The monoisotopic (exact) mass is 388 g/mol. The predicted octanol–water partition coefficient (Wildman–Crippen LogP) is 3.48.